The van der Waals surface area contributed by atoms with Crippen LogP contribution in [0.4, 0.5) is 0 Å². The summed E-state index contributed by atoms with van der Waals surface area (Å²) in [4.78, 5) is 0. The predicted molar refractivity (Wildman–Crippen MR) is 82.0 cm³/mol. The molecule has 0 atom stereocenters. The molecule has 4 nitrogen and oxygen atoms in total. The number of halogens is 4. The third-order valence-electron chi connectivity index (χ3n) is 2.32. The van der Waals surface area contributed by atoms with Gasteiger partial charge in [0.2, 0.25) is 0 Å². The summed E-state index contributed by atoms with van der Waals surface area (Å²) in [6, 6.07) is 0. The fourth-order valence-corrected chi connectivity index (χ4v) is 1.56. The van der Waals surface area contributed by atoms with Gasteiger partial charge in [0.25, 0.3) is 0 Å². The van der Waals surface area contributed by atoms with E-state index < -0.39 is 8.67 Å². The summed E-state index contributed by atoms with van der Waals surface area (Å²) >= 11 is 23.5. The molecule has 6 N–H and O–H groups in total. The average Bonchev–Trinajstić information content (AvgIpc) is 2.32. The van der Waals surface area contributed by atoms with Gasteiger partial charge in [-0.3, -0.25) is 0 Å². The first-order valence-electron chi connectivity index (χ1n) is 5.90. The van der Waals surface area contributed by atoms with Crippen molar-refractivity contribution in [3.05, 3.63) is 0 Å². The number of nitrogens with two attached hydrogens (primary N) is 2. The van der Waals surface area contributed by atoms with E-state index in [1.165, 1.54) is 0 Å². The van der Waals surface area contributed by atoms with Crippen molar-refractivity contribution in [2.24, 2.45) is 11.5 Å². The number of hydrogen-bond acceptors (Lipinski definition) is 4. The van der Waals surface area contributed by atoms with Crippen LogP contribution in [0.25, 0.3) is 0 Å². The molecule has 18 heavy (non-hydrogen) atoms. The van der Waals surface area contributed by atoms with E-state index in [1.54, 1.807) is 0 Å². The largest absolute Gasteiger partial charge is 0.328 e. The van der Waals surface area contributed by atoms with E-state index >= 15 is 0 Å². The van der Waals surface area contributed by atoms with Gasteiger partial charge in [0.1, 0.15) is 8.67 Å². The minimum Gasteiger partial charge on any atom is -0.328 e. The van der Waals surface area contributed by atoms with Crippen LogP contribution in [0.3, 0.4) is 0 Å². The van der Waals surface area contributed by atoms with Crippen molar-refractivity contribution >= 4 is 46.4 Å². The molecule has 0 saturated carbocycles. The van der Waals surface area contributed by atoms with Gasteiger partial charge in [-0.25, -0.2) is 0 Å². The van der Waals surface area contributed by atoms with Gasteiger partial charge in [0.05, 0.1) is 0 Å². The fraction of sp³-hybridized carbons (Fsp3) is 1.00. The van der Waals surface area contributed by atoms with E-state index in [9.17, 15) is 0 Å². The Morgan fingerprint density at radius 1 is 0.722 bits per heavy atom. The van der Waals surface area contributed by atoms with Gasteiger partial charge < -0.3 is 22.1 Å². The van der Waals surface area contributed by atoms with E-state index in [0.717, 1.165) is 25.9 Å². The maximum absolute atomic E-state index is 5.87. The van der Waals surface area contributed by atoms with Gasteiger partial charge >= 0.3 is 0 Å². The van der Waals surface area contributed by atoms with Gasteiger partial charge in [-0.05, 0) is 25.9 Å². The van der Waals surface area contributed by atoms with Crippen molar-refractivity contribution in [3.63, 3.8) is 0 Å². The summed E-state index contributed by atoms with van der Waals surface area (Å²) in [6.45, 7) is 3.12. The molecule has 0 aliphatic heterocycles. The lowest BCUT2D eigenvalue weighted by molar-refractivity contribution is 0.557. The van der Waals surface area contributed by atoms with Gasteiger partial charge in [0, 0.05) is 26.2 Å². The Labute approximate surface area is 129 Å². The maximum atomic E-state index is 5.87. The summed E-state index contributed by atoms with van der Waals surface area (Å²) in [5.74, 6) is 0. The first kappa shape index (κ1) is 19.0. The Kier molecular flexibility index (Phi) is 10.4. The highest BCUT2D eigenvalue weighted by atomic mass is 35.5. The second kappa shape index (κ2) is 9.83. The van der Waals surface area contributed by atoms with E-state index in [1.807, 2.05) is 0 Å². The number of rotatable bonds is 11. The average molecular weight is 340 g/mol. The lowest BCUT2D eigenvalue weighted by Gasteiger charge is -2.18. The molecule has 0 fully saturated rings. The fourth-order valence-electron chi connectivity index (χ4n) is 1.19. The second-order valence-corrected chi connectivity index (χ2v) is 7.46. The zero-order valence-corrected chi connectivity index (χ0v) is 13.3. The number of hydrogen-bond donors (Lipinski definition) is 4. The highest BCUT2D eigenvalue weighted by Crippen LogP contribution is 2.17. The first-order chi connectivity index (χ1) is 8.33. The zero-order valence-electron chi connectivity index (χ0n) is 10.3. The molecule has 110 valence electrons. The SMILES string of the molecule is NCC(Cl)(Cl)CNCCCCNCC(Cl)(Cl)CN. The second-order valence-electron chi connectivity index (χ2n) is 4.18. The molecule has 0 amide bonds. The van der Waals surface area contributed by atoms with Crippen molar-refractivity contribution < 1.29 is 0 Å². The molecule has 0 aromatic heterocycles. The Morgan fingerprint density at radius 3 is 1.33 bits per heavy atom. The third kappa shape index (κ3) is 10.9. The molecule has 0 radical (unpaired) electrons. The van der Waals surface area contributed by atoms with Crippen LogP contribution in [0.1, 0.15) is 12.8 Å². The van der Waals surface area contributed by atoms with Crippen molar-refractivity contribution in [1.29, 1.82) is 0 Å². The highest BCUT2D eigenvalue weighted by molar-refractivity contribution is 6.49. The summed E-state index contributed by atoms with van der Waals surface area (Å²) in [5, 5.41) is 6.30. The Hall–Kier alpha value is 1.00. The minimum absolute atomic E-state index is 0.233. The normalized spacial score (nSPS) is 13.0. The van der Waals surface area contributed by atoms with Crippen LogP contribution in [-0.2, 0) is 0 Å². The standard InChI is InChI=1S/C10H22Cl4N4/c11-9(12,5-15)7-17-3-1-2-4-18-8-10(13,14)6-16/h17-18H,1-8,15-16H2. The predicted octanol–water partition coefficient (Wildman–Crippen LogP) is 1.21. The van der Waals surface area contributed by atoms with Crippen molar-refractivity contribution in [3.8, 4) is 0 Å². The Bertz CT molecular complexity index is 192. The first-order valence-corrected chi connectivity index (χ1v) is 7.41. The summed E-state index contributed by atoms with van der Waals surface area (Å²) < 4.78 is -1.76. The lowest BCUT2D eigenvalue weighted by atomic mass is 10.3. The summed E-state index contributed by atoms with van der Waals surface area (Å²) in [5.41, 5.74) is 10.8. The lowest BCUT2D eigenvalue weighted by Crippen LogP contribution is -2.38. The van der Waals surface area contributed by atoms with Crippen LogP contribution in [0.2, 0.25) is 0 Å². The van der Waals surface area contributed by atoms with Crippen LogP contribution in [0.5, 0.6) is 0 Å². The van der Waals surface area contributed by atoms with Crippen LogP contribution in [-0.4, -0.2) is 47.9 Å². The smallest absolute Gasteiger partial charge is 0.142 e. The van der Waals surface area contributed by atoms with Gasteiger partial charge in [-0.15, -0.1) is 0 Å². The maximum Gasteiger partial charge on any atom is 0.142 e. The van der Waals surface area contributed by atoms with Gasteiger partial charge in [-0.1, -0.05) is 46.4 Å². The molecule has 0 aromatic rings. The van der Waals surface area contributed by atoms with Crippen LogP contribution in [0, 0.1) is 0 Å². The third-order valence-corrected chi connectivity index (χ3v) is 3.47. The van der Waals surface area contributed by atoms with E-state index in [4.69, 9.17) is 57.9 Å². The molecule has 0 aromatic carbocycles. The summed E-state index contributed by atoms with van der Waals surface area (Å²) in [7, 11) is 0. The molecular weight excluding hydrogens is 318 g/mol. The zero-order chi connectivity index (χ0) is 14.1. The van der Waals surface area contributed by atoms with E-state index in [-0.39, 0.29) is 13.1 Å². The van der Waals surface area contributed by atoms with Crippen LogP contribution >= 0.6 is 46.4 Å². The molecule has 8 heteroatoms. The number of alkyl halides is 4. The Morgan fingerprint density at radius 2 is 1.06 bits per heavy atom. The molecule has 0 saturated heterocycles. The molecule has 0 heterocycles. The molecule has 0 aliphatic rings. The molecule has 0 unspecified atom stereocenters. The molecule has 0 bridgehead atoms. The van der Waals surface area contributed by atoms with Crippen LogP contribution in [0.15, 0.2) is 0 Å². The highest BCUT2D eigenvalue weighted by Gasteiger charge is 2.21. The Balaban J connectivity index is 3.32. The van der Waals surface area contributed by atoms with Crippen molar-refractivity contribution in [2.75, 3.05) is 39.3 Å². The van der Waals surface area contributed by atoms with Crippen molar-refractivity contribution in [1.82, 2.24) is 10.6 Å². The van der Waals surface area contributed by atoms with Crippen molar-refractivity contribution in [2.45, 2.75) is 21.5 Å². The monoisotopic (exact) mass is 338 g/mol. The molecule has 0 aliphatic carbocycles. The van der Waals surface area contributed by atoms with Crippen LogP contribution < -0.4 is 22.1 Å². The van der Waals surface area contributed by atoms with E-state index in [2.05, 4.69) is 10.6 Å². The molecule has 0 rings (SSSR count). The molecule has 0 spiro atoms. The minimum atomic E-state index is -0.879. The summed E-state index contributed by atoms with van der Waals surface area (Å²) in [6.07, 6.45) is 2.00. The van der Waals surface area contributed by atoms with Gasteiger partial charge in [0.15, 0.2) is 0 Å². The number of unbranched alkanes of at least 4 members (excludes halogenated alkanes) is 1. The van der Waals surface area contributed by atoms with Gasteiger partial charge in [-0.2, -0.15) is 0 Å². The van der Waals surface area contributed by atoms with E-state index in [0.29, 0.717) is 13.1 Å². The number of nitrogens with one attached hydrogen (secondary N) is 2. The quantitative estimate of drug-likeness (QED) is 0.337. The molecular formula is C10H22Cl4N4. The topological polar surface area (TPSA) is 76.1 Å².